The maximum absolute atomic E-state index is 10.7. The predicted octanol–water partition coefficient (Wildman–Crippen LogP) is 1.44. The molecule has 0 amide bonds. The Kier molecular flexibility index (Phi) is 4.90. The van der Waals surface area contributed by atoms with E-state index in [2.05, 4.69) is 0 Å². The number of hydrogen-bond acceptors (Lipinski definition) is 3. The molecule has 0 spiro atoms. The normalized spacial score (nSPS) is 18.9. The summed E-state index contributed by atoms with van der Waals surface area (Å²) in [5.41, 5.74) is 0. The van der Waals surface area contributed by atoms with Gasteiger partial charge in [-0.25, -0.2) is 4.79 Å². The molecular weight excluding hydrogens is 184 g/mol. The SMILES string of the molecule is CCOC(CCOC1CCC1)C(=O)O. The number of carbonyl (C=O) groups is 1. The van der Waals surface area contributed by atoms with Gasteiger partial charge in [0, 0.05) is 19.6 Å². The van der Waals surface area contributed by atoms with Gasteiger partial charge in [-0.2, -0.15) is 0 Å². The maximum Gasteiger partial charge on any atom is 0.332 e. The zero-order valence-electron chi connectivity index (χ0n) is 8.57. The maximum atomic E-state index is 10.7. The highest BCUT2D eigenvalue weighted by molar-refractivity contribution is 5.72. The number of hydrogen-bond donors (Lipinski definition) is 1. The summed E-state index contributed by atoms with van der Waals surface area (Å²) in [7, 11) is 0. The first-order valence-corrected chi connectivity index (χ1v) is 5.20. The number of rotatable bonds is 7. The summed E-state index contributed by atoms with van der Waals surface area (Å²) in [6, 6.07) is 0. The molecule has 0 heterocycles. The topological polar surface area (TPSA) is 55.8 Å². The van der Waals surface area contributed by atoms with Gasteiger partial charge in [0.1, 0.15) is 0 Å². The van der Waals surface area contributed by atoms with Gasteiger partial charge in [-0.05, 0) is 26.2 Å². The molecule has 0 saturated heterocycles. The lowest BCUT2D eigenvalue weighted by Crippen LogP contribution is -2.28. The molecule has 1 fully saturated rings. The van der Waals surface area contributed by atoms with Crippen molar-refractivity contribution >= 4 is 5.97 Å². The minimum atomic E-state index is -0.899. The van der Waals surface area contributed by atoms with Crippen LogP contribution in [0.4, 0.5) is 0 Å². The quantitative estimate of drug-likeness (QED) is 0.678. The summed E-state index contributed by atoms with van der Waals surface area (Å²) in [5, 5.41) is 8.76. The lowest BCUT2D eigenvalue weighted by molar-refractivity contribution is -0.152. The fourth-order valence-corrected chi connectivity index (χ4v) is 1.36. The van der Waals surface area contributed by atoms with Crippen molar-refractivity contribution in [3.05, 3.63) is 0 Å². The van der Waals surface area contributed by atoms with Gasteiger partial charge in [-0.15, -0.1) is 0 Å². The Morgan fingerprint density at radius 1 is 1.57 bits per heavy atom. The van der Waals surface area contributed by atoms with Gasteiger partial charge in [-0.3, -0.25) is 0 Å². The van der Waals surface area contributed by atoms with E-state index in [4.69, 9.17) is 14.6 Å². The van der Waals surface area contributed by atoms with E-state index in [0.717, 1.165) is 12.8 Å². The fourth-order valence-electron chi connectivity index (χ4n) is 1.36. The molecule has 1 rings (SSSR count). The van der Waals surface area contributed by atoms with Crippen LogP contribution in [-0.4, -0.2) is 36.5 Å². The molecule has 0 aromatic rings. The van der Waals surface area contributed by atoms with Crippen molar-refractivity contribution < 1.29 is 19.4 Å². The van der Waals surface area contributed by atoms with Crippen LogP contribution < -0.4 is 0 Å². The van der Waals surface area contributed by atoms with Crippen LogP contribution in [-0.2, 0) is 14.3 Å². The average Bonchev–Trinajstić information content (AvgIpc) is 2.06. The van der Waals surface area contributed by atoms with Crippen LogP contribution in [0.5, 0.6) is 0 Å². The van der Waals surface area contributed by atoms with Gasteiger partial charge in [-0.1, -0.05) is 0 Å². The lowest BCUT2D eigenvalue weighted by atomic mass is 9.96. The monoisotopic (exact) mass is 202 g/mol. The lowest BCUT2D eigenvalue weighted by Gasteiger charge is -2.26. The van der Waals surface area contributed by atoms with Crippen molar-refractivity contribution in [2.45, 2.75) is 44.8 Å². The molecular formula is C10H18O4. The van der Waals surface area contributed by atoms with Crippen molar-refractivity contribution in [2.24, 2.45) is 0 Å². The summed E-state index contributed by atoms with van der Waals surface area (Å²) in [6.45, 7) is 2.71. The molecule has 1 saturated carbocycles. The van der Waals surface area contributed by atoms with E-state index >= 15 is 0 Å². The van der Waals surface area contributed by atoms with E-state index in [0.29, 0.717) is 25.7 Å². The summed E-state index contributed by atoms with van der Waals surface area (Å²) >= 11 is 0. The molecule has 1 aliphatic rings. The third-order valence-electron chi connectivity index (χ3n) is 2.43. The zero-order valence-corrected chi connectivity index (χ0v) is 8.57. The second-order valence-electron chi connectivity index (χ2n) is 3.49. The molecule has 0 aromatic carbocycles. The zero-order chi connectivity index (χ0) is 10.4. The minimum Gasteiger partial charge on any atom is -0.479 e. The number of carboxylic acids is 1. The van der Waals surface area contributed by atoms with Crippen LogP contribution in [0.15, 0.2) is 0 Å². The van der Waals surface area contributed by atoms with Crippen LogP contribution in [0, 0.1) is 0 Å². The van der Waals surface area contributed by atoms with Crippen LogP contribution >= 0.6 is 0 Å². The van der Waals surface area contributed by atoms with Gasteiger partial charge in [0.25, 0.3) is 0 Å². The van der Waals surface area contributed by atoms with E-state index in [1.54, 1.807) is 6.92 Å². The molecule has 4 nitrogen and oxygen atoms in total. The van der Waals surface area contributed by atoms with E-state index < -0.39 is 12.1 Å². The van der Waals surface area contributed by atoms with Crippen molar-refractivity contribution in [1.29, 1.82) is 0 Å². The Morgan fingerprint density at radius 3 is 2.71 bits per heavy atom. The Balaban J connectivity index is 2.08. The third-order valence-corrected chi connectivity index (χ3v) is 2.43. The van der Waals surface area contributed by atoms with Gasteiger partial charge in [0.2, 0.25) is 0 Å². The molecule has 0 bridgehead atoms. The summed E-state index contributed by atoms with van der Waals surface area (Å²) in [6.07, 6.45) is 3.57. The average molecular weight is 202 g/mol. The summed E-state index contributed by atoms with van der Waals surface area (Å²) in [4.78, 5) is 10.7. The number of carboxylic acid groups (broad SMARTS) is 1. The molecule has 82 valence electrons. The van der Waals surface area contributed by atoms with Crippen LogP contribution in [0.2, 0.25) is 0 Å². The van der Waals surface area contributed by atoms with Crippen molar-refractivity contribution in [1.82, 2.24) is 0 Å². The Labute approximate surface area is 84.2 Å². The van der Waals surface area contributed by atoms with Gasteiger partial charge < -0.3 is 14.6 Å². The van der Waals surface area contributed by atoms with E-state index in [9.17, 15) is 4.79 Å². The first-order valence-electron chi connectivity index (χ1n) is 5.20. The highest BCUT2D eigenvalue weighted by atomic mass is 16.5. The van der Waals surface area contributed by atoms with Crippen molar-refractivity contribution in [3.63, 3.8) is 0 Å². The van der Waals surface area contributed by atoms with Crippen molar-refractivity contribution in [2.75, 3.05) is 13.2 Å². The standard InChI is InChI=1S/C10H18O4/c1-2-13-9(10(11)12)6-7-14-8-4-3-5-8/h8-9H,2-7H2,1H3,(H,11,12). The molecule has 1 atom stereocenters. The fraction of sp³-hybridized carbons (Fsp3) is 0.900. The summed E-state index contributed by atoms with van der Waals surface area (Å²) < 4.78 is 10.5. The second kappa shape index (κ2) is 5.98. The molecule has 1 N–H and O–H groups in total. The Hall–Kier alpha value is -0.610. The molecule has 0 radical (unpaired) electrons. The minimum absolute atomic E-state index is 0.367. The molecule has 14 heavy (non-hydrogen) atoms. The largest absolute Gasteiger partial charge is 0.479 e. The molecule has 1 aliphatic carbocycles. The predicted molar refractivity (Wildman–Crippen MR) is 51.3 cm³/mol. The number of aliphatic carboxylic acids is 1. The Bertz CT molecular complexity index is 177. The van der Waals surface area contributed by atoms with Gasteiger partial charge >= 0.3 is 5.97 Å². The third kappa shape index (κ3) is 3.64. The first kappa shape index (κ1) is 11.5. The molecule has 0 aromatic heterocycles. The molecule has 1 unspecified atom stereocenters. The number of ether oxygens (including phenoxy) is 2. The summed E-state index contributed by atoms with van der Waals surface area (Å²) in [5.74, 6) is -0.899. The van der Waals surface area contributed by atoms with E-state index in [-0.39, 0.29) is 0 Å². The van der Waals surface area contributed by atoms with Gasteiger partial charge in [0.05, 0.1) is 6.10 Å². The van der Waals surface area contributed by atoms with Crippen LogP contribution in [0.25, 0.3) is 0 Å². The molecule has 0 aliphatic heterocycles. The second-order valence-corrected chi connectivity index (χ2v) is 3.49. The van der Waals surface area contributed by atoms with Crippen LogP contribution in [0.1, 0.15) is 32.6 Å². The van der Waals surface area contributed by atoms with E-state index in [1.807, 2.05) is 0 Å². The highest BCUT2D eigenvalue weighted by Crippen LogP contribution is 2.22. The van der Waals surface area contributed by atoms with Crippen LogP contribution in [0.3, 0.4) is 0 Å². The van der Waals surface area contributed by atoms with Crippen molar-refractivity contribution in [3.8, 4) is 0 Å². The van der Waals surface area contributed by atoms with Gasteiger partial charge in [0.15, 0.2) is 6.10 Å². The first-order chi connectivity index (χ1) is 6.74. The Morgan fingerprint density at radius 2 is 2.29 bits per heavy atom. The van der Waals surface area contributed by atoms with E-state index in [1.165, 1.54) is 6.42 Å². The molecule has 4 heteroatoms. The highest BCUT2D eigenvalue weighted by Gasteiger charge is 2.21. The smallest absolute Gasteiger partial charge is 0.332 e.